The number of hydrogen-bond acceptors (Lipinski definition) is 4. The van der Waals surface area contributed by atoms with Gasteiger partial charge in [0.05, 0.1) is 6.04 Å². The highest BCUT2D eigenvalue weighted by Crippen LogP contribution is 2.27. The van der Waals surface area contributed by atoms with E-state index >= 15 is 0 Å². The van der Waals surface area contributed by atoms with Crippen molar-refractivity contribution in [2.45, 2.75) is 26.3 Å². The van der Waals surface area contributed by atoms with Gasteiger partial charge < -0.3 is 10.3 Å². The second-order valence-electron chi connectivity index (χ2n) is 4.67. The first-order chi connectivity index (χ1) is 8.58. The van der Waals surface area contributed by atoms with Gasteiger partial charge in [-0.25, -0.2) is 0 Å². The Hall–Kier alpha value is -1.20. The maximum atomic E-state index is 6.02. The van der Waals surface area contributed by atoms with Crippen molar-refractivity contribution in [1.82, 2.24) is 10.1 Å². The fourth-order valence-corrected chi connectivity index (χ4v) is 2.21. The molecule has 96 valence electrons. The predicted molar refractivity (Wildman–Crippen MR) is 73.8 cm³/mol. The van der Waals surface area contributed by atoms with Crippen molar-refractivity contribution >= 4 is 15.9 Å². The summed E-state index contributed by atoms with van der Waals surface area (Å²) in [6.45, 7) is 4.23. The van der Waals surface area contributed by atoms with Crippen molar-refractivity contribution in [2.75, 3.05) is 0 Å². The summed E-state index contributed by atoms with van der Waals surface area (Å²) in [4.78, 5) is 4.36. The van der Waals surface area contributed by atoms with Gasteiger partial charge in [-0.1, -0.05) is 47.1 Å². The van der Waals surface area contributed by atoms with Crippen molar-refractivity contribution in [3.8, 4) is 11.4 Å². The Morgan fingerprint density at radius 1 is 1.33 bits per heavy atom. The van der Waals surface area contributed by atoms with Crippen molar-refractivity contribution in [3.63, 3.8) is 0 Å². The number of nitrogens with zero attached hydrogens (tertiary/aromatic N) is 2. The van der Waals surface area contributed by atoms with Crippen LogP contribution in [0.5, 0.6) is 0 Å². The lowest BCUT2D eigenvalue weighted by Gasteiger charge is -2.08. The van der Waals surface area contributed by atoms with Gasteiger partial charge in [0, 0.05) is 10.0 Å². The van der Waals surface area contributed by atoms with E-state index in [0.29, 0.717) is 17.6 Å². The summed E-state index contributed by atoms with van der Waals surface area (Å²) in [5.74, 6) is 1.56. The summed E-state index contributed by atoms with van der Waals surface area (Å²) in [5.41, 5.74) is 6.92. The van der Waals surface area contributed by atoms with Gasteiger partial charge in [-0.3, -0.25) is 0 Å². The van der Waals surface area contributed by atoms with E-state index in [1.165, 1.54) is 0 Å². The summed E-state index contributed by atoms with van der Waals surface area (Å²) in [6, 6.07) is 7.56. The zero-order chi connectivity index (χ0) is 13.1. The van der Waals surface area contributed by atoms with Crippen LogP contribution in [-0.2, 0) is 0 Å². The Bertz CT molecular complexity index is 524. The summed E-state index contributed by atoms with van der Waals surface area (Å²) in [7, 11) is 0. The highest BCUT2D eigenvalue weighted by molar-refractivity contribution is 9.10. The van der Waals surface area contributed by atoms with E-state index in [9.17, 15) is 0 Å². The number of rotatable bonds is 4. The first-order valence-electron chi connectivity index (χ1n) is 5.92. The van der Waals surface area contributed by atoms with Gasteiger partial charge >= 0.3 is 0 Å². The molecule has 2 N–H and O–H groups in total. The van der Waals surface area contributed by atoms with Crippen molar-refractivity contribution in [1.29, 1.82) is 0 Å². The molecule has 1 atom stereocenters. The molecule has 2 rings (SSSR count). The van der Waals surface area contributed by atoms with Gasteiger partial charge in [0.2, 0.25) is 11.7 Å². The number of nitrogens with two attached hydrogens (primary N) is 1. The van der Waals surface area contributed by atoms with E-state index in [0.717, 1.165) is 16.5 Å². The lowest BCUT2D eigenvalue weighted by atomic mass is 10.0. The summed E-state index contributed by atoms with van der Waals surface area (Å²) in [5, 5.41) is 3.98. The van der Waals surface area contributed by atoms with E-state index in [2.05, 4.69) is 39.9 Å². The van der Waals surface area contributed by atoms with Crippen molar-refractivity contribution in [2.24, 2.45) is 11.7 Å². The average Bonchev–Trinajstić information content (AvgIpc) is 2.78. The molecular weight excluding hydrogens is 294 g/mol. The minimum absolute atomic E-state index is 0.200. The average molecular weight is 310 g/mol. The number of benzene rings is 1. The molecule has 4 nitrogen and oxygen atoms in total. The molecule has 0 amide bonds. The maximum absolute atomic E-state index is 6.02. The van der Waals surface area contributed by atoms with E-state index in [1.807, 2.05) is 24.3 Å². The van der Waals surface area contributed by atoms with Crippen LogP contribution in [0.3, 0.4) is 0 Å². The summed E-state index contributed by atoms with van der Waals surface area (Å²) >= 11 is 3.47. The molecule has 0 aliphatic carbocycles. The second-order valence-corrected chi connectivity index (χ2v) is 5.53. The van der Waals surface area contributed by atoms with Gasteiger partial charge in [0.25, 0.3) is 0 Å². The minimum Gasteiger partial charge on any atom is -0.337 e. The molecule has 18 heavy (non-hydrogen) atoms. The minimum atomic E-state index is -0.200. The molecule has 0 aliphatic rings. The lowest BCUT2D eigenvalue weighted by molar-refractivity contribution is 0.335. The number of hydrogen-bond donors (Lipinski definition) is 1. The zero-order valence-electron chi connectivity index (χ0n) is 10.4. The molecule has 0 saturated heterocycles. The molecule has 0 bridgehead atoms. The quantitative estimate of drug-likeness (QED) is 0.938. The number of aromatic nitrogens is 2. The second kappa shape index (κ2) is 5.63. The monoisotopic (exact) mass is 309 g/mol. The summed E-state index contributed by atoms with van der Waals surface area (Å²) in [6.07, 6.45) is 0.831. The molecule has 0 spiro atoms. The van der Waals surface area contributed by atoms with Crippen LogP contribution in [0.4, 0.5) is 0 Å². The zero-order valence-corrected chi connectivity index (χ0v) is 12.0. The fourth-order valence-electron chi connectivity index (χ4n) is 1.75. The summed E-state index contributed by atoms with van der Waals surface area (Å²) < 4.78 is 6.17. The Morgan fingerprint density at radius 3 is 2.72 bits per heavy atom. The van der Waals surface area contributed by atoms with Crippen LogP contribution >= 0.6 is 15.9 Å². The standard InChI is InChI=1S/C13H16BrN3O/c1-8(2)7-11(15)13-16-12(17-18-13)9-5-3-4-6-10(9)14/h3-6,8,11H,7,15H2,1-2H3/t11-/m1/s1. The van der Waals surface area contributed by atoms with Crippen molar-refractivity contribution in [3.05, 3.63) is 34.6 Å². The molecule has 0 saturated carbocycles. The van der Waals surface area contributed by atoms with Crippen LogP contribution in [0, 0.1) is 5.92 Å². The van der Waals surface area contributed by atoms with Crippen LogP contribution in [0.25, 0.3) is 11.4 Å². The molecule has 0 aliphatic heterocycles. The highest BCUT2D eigenvalue weighted by Gasteiger charge is 2.17. The van der Waals surface area contributed by atoms with Gasteiger partial charge in [-0.2, -0.15) is 4.98 Å². The third kappa shape index (κ3) is 2.97. The van der Waals surface area contributed by atoms with Gasteiger partial charge in [0.1, 0.15) is 0 Å². The van der Waals surface area contributed by atoms with Crippen LogP contribution in [0.2, 0.25) is 0 Å². The smallest absolute Gasteiger partial charge is 0.243 e. The topological polar surface area (TPSA) is 64.9 Å². The third-order valence-corrected chi connectivity index (χ3v) is 3.29. The third-order valence-electron chi connectivity index (χ3n) is 2.60. The Labute approximate surface area is 115 Å². The molecule has 0 unspecified atom stereocenters. The van der Waals surface area contributed by atoms with Gasteiger partial charge in [-0.15, -0.1) is 0 Å². The van der Waals surface area contributed by atoms with Crippen LogP contribution in [0.15, 0.2) is 33.3 Å². The molecular formula is C13H16BrN3O. The van der Waals surface area contributed by atoms with Crippen LogP contribution in [0.1, 0.15) is 32.2 Å². The SMILES string of the molecule is CC(C)C[C@@H](N)c1nc(-c2ccccc2Br)no1. The lowest BCUT2D eigenvalue weighted by Crippen LogP contribution is -2.13. The molecule has 1 aromatic heterocycles. The van der Waals surface area contributed by atoms with Crippen molar-refractivity contribution < 1.29 is 4.52 Å². The highest BCUT2D eigenvalue weighted by atomic mass is 79.9. The molecule has 1 aromatic carbocycles. The largest absolute Gasteiger partial charge is 0.337 e. The molecule has 0 radical (unpaired) electrons. The first-order valence-corrected chi connectivity index (χ1v) is 6.71. The van der Waals surface area contributed by atoms with Crippen LogP contribution < -0.4 is 5.73 Å². The molecule has 1 heterocycles. The molecule has 2 aromatic rings. The van der Waals surface area contributed by atoms with E-state index < -0.39 is 0 Å². The normalized spacial score (nSPS) is 12.9. The Kier molecular flexibility index (Phi) is 4.14. The Morgan fingerprint density at radius 2 is 2.06 bits per heavy atom. The molecule has 5 heteroatoms. The van der Waals surface area contributed by atoms with E-state index in [-0.39, 0.29) is 6.04 Å². The van der Waals surface area contributed by atoms with Gasteiger partial charge in [0.15, 0.2) is 0 Å². The van der Waals surface area contributed by atoms with Gasteiger partial charge in [-0.05, 0) is 24.5 Å². The van der Waals surface area contributed by atoms with E-state index in [4.69, 9.17) is 10.3 Å². The first kappa shape index (κ1) is 13.2. The Balaban J connectivity index is 2.23. The number of halogens is 1. The predicted octanol–water partition coefficient (Wildman–Crippen LogP) is 3.55. The van der Waals surface area contributed by atoms with Crippen LogP contribution in [-0.4, -0.2) is 10.1 Å². The van der Waals surface area contributed by atoms with E-state index in [1.54, 1.807) is 0 Å². The molecule has 0 fully saturated rings. The fraction of sp³-hybridized carbons (Fsp3) is 0.385. The maximum Gasteiger partial charge on any atom is 0.243 e.